The Morgan fingerprint density at radius 1 is 1.33 bits per heavy atom. The molecule has 0 saturated carbocycles. The molecule has 0 bridgehead atoms. The molecule has 1 amide bonds. The van der Waals surface area contributed by atoms with E-state index in [1.807, 2.05) is 31.2 Å². The van der Waals surface area contributed by atoms with Gasteiger partial charge in [0.2, 0.25) is 6.41 Å². The number of hydrogen-bond acceptors (Lipinski definition) is 3. The molecule has 1 fully saturated rings. The van der Waals surface area contributed by atoms with Crippen molar-refractivity contribution in [1.82, 2.24) is 9.80 Å². The van der Waals surface area contributed by atoms with Gasteiger partial charge in [0, 0.05) is 32.7 Å². The van der Waals surface area contributed by atoms with E-state index in [-0.39, 0.29) is 0 Å². The Morgan fingerprint density at radius 3 is 2.67 bits per heavy atom. The van der Waals surface area contributed by atoms with E-state index >= 15 is 0 Å². The molecule has 1 atom stereocenters. The summed E-state index contributed by atoms with van der Waals surface area (Å²) in [5.74, 6) is 0. The maximum Gasteiger partial charge on any atom is 0.209 e. The van der Waals surface area contributed by atoms with Gasteiger partial charge in [-0.3, -0.25) is 9.69 Å². The highest BCUT2D eigenvalue weighted by Gasteiger charge is 2.18. The van der Waals surface area contributed by atoms with Gasteiger partial charge < -0.3 is 10.0 Å². The first-order chi connectivity index (χ1) is 8.69. The number of hydrogen-bond donors (Lipinski definition) is 1. The third-order valence-electron chi connectivity index (χ3n) is 3.41. The summed E-state index contributed by atoms with van der Waals surface area (Å²) in [5, 5.41) is 10.2. The molecule has 4 heteroatoms. The van der Waals surface area contributed by atoms with Gasteiger partial charge >= 0.3 is 0 Å². The van der Waals surface area contributed by atoms with Crippen LogP contribution in [0.2, 0.25) is 0 Å². The second-order valence-electron chi connectivity index (χ2n) is 4.87. The summed E-state index contributed by atoms with van der Waals surface area (Å²) in [6.45, 7) is 5.84. The van der Waals surface area contributed by atoms with Crippen molar-refractivity contribution in [3.8, 4) is 0 Å². The summed E-state index contributed by atoms with van der Waals surface area (Å²) >= 11 is 0. The average Bonchev–Trinajstić information content (AvgIpc) is 2.39. The van der Waals surface area contributed by atoms with Crippen molar-refractivity contribution in [1.29, 1.82) is 0 Å². The molecule has 18 heavy (non-hydrogen) atoms. The molecule has 0 radical (unpaired) electrons. The zero-order valence-electron chi connectivity index (χ0n) is 10.7. The predicted molar refractivity (Wildman–Crippen MR) is 70.2 cm³/mol. The third-order valence-corrected chi connectivity index (χ3v) is 3.41. The topological polar surface area (TPSA) is 43.8 Å². The van der Waals surface area contributed by atoms with E-state index in [1.165, 1.54) is 0 Å². The lowest BCUT2D eigenvalue weighted by atomic mass is 10.1. The van der Waals surface area contributed by atoms with E-state index in [1.54, 1.807) is 4.90 Å². The van der Waals surface area contributed by atoms with Crippen LogP contribution in [0.1, 0.15) is 17.2 Å². The van der Waals surface area contributed by atoms with Crippen molar-refractivity contribution in [3.63, 3.8) is 0 Å². The second kappa shape index (κ2) is 5.98. The Balaban J connectivity index is 1.88. The van der Waals surface area contributed by atoms with Crippen LogP contribution >= 0.6 is 0 Å². The molecule has 0 aliphatic carbocycles. The maximum absolute atomic E-state index is 10.6. The fraction of sp³-hybridized carbons (Fsp3) is 0.500. The van der Waals surface area contributed by atoms with Gasteiger partial charge in [0.1, 0.15) is 0 Å². The van der Waals surface area contributed by atoms with Crippen molar-refractivity contribution >= 4 is 6.41 Å². The minimum Gasteiger partial charge on any atom is -0.387 e. The maximum atomic E-state index is 10.6. The van der Waals surface area contributed by atoms with Crippen molar-refractivity contribution in [2.24, 2.45) is 0 Å². The van der Waals surface area contributed by atoms with Crippen molar-refractivity contribution < 1.29 is 9.90 Å². The van der Waals surface area contributed by atoms with Crippen LogP contribution < -0.4 is 0 Å². The summed E-state index contributed by atoms with van der Waals surface area (Å²) in [7, 11) is 0. The summed E-state index contributed by atoms with van der Waals surface area (Å²) in [6.07, 6.45) is 0.446. The van der Waals surface area contributed by atoms with Crippen LogP contribution in [0.15, 0.2) is 24.3 Å². The molecule has 2 rings (SSSR count). The van der Waals surface area contributed by atoms with E-state index in [4.69, 9.17) is 0 Å². The van der Waals surface area contributed by atoms with Crippen LogP contribution in [0, 0.1) is 6.92 Å². The Labute approximate surface area is 108 Å². The van der Waals surface area contributed by atoms with Crippen LogP contribution in [0.3, 0.4) is 0 Å². The fourth-order valence-electron chi connectivity index (χ4n) is 2.28. The van der Waals surface area contributed by atoms with E-state index in [9.17, 15) is 9.90 Å². The van der Waals surface area contributed by atoms with Gasteiger partial charge in [0.25, 0.3) is 0 Å². The summed E-state index contributed by atoms with van der Waals surface area (Å²) < 4.78 is 0. The molecule has 1 saturated heterocycles. The Bertz CT molecular complexity index is 401. The molecule has 0 aromatic heterocycles. The molecule has 1 aromatic rings. The van der Waals surface area contributed by atoms with Crippen LogP contribution in [0.5, 0.6) is 0 Å². The number of carbonyl (C=O) groups excluding carboxylic acids is 1. The predicted octanol–water partition coefficient (Wildman–Crippen LogP) is 0.802. The number of carbonyl (C=O) groups is 1. The number of nitrogens with zero attached hydrogens (tertiary/aromatic N) is 2. The Hall–Kier alpha value is -1.39. The minimum atomic E-state index is -0.451. The molecule has 1 N–H and O–H groups in total. The molecule has 1 heterocycles. The van der Waals surface area contributed by atoms with Gasteiger partial charge in [-0.15, -0.1) is 0 Å². The molecule has 1 aromatic carbocycles. The zero-order chi connectivity index (χ0) is 13.0. The van der Waals surface area contributed by atoms with Crippen LogP contribution in [-0.4, -0.2) is 54.0 Å². The van der Waals surface area contributed by atoms with E-state index in [0.29, 0.717) is 6.54 Å². The lowest BCUT2D eigenvalue weighted by Crippen LogP contribution is -2.46. The van der Waals surface area contributed by atoms with Crippen LogP contribution in [0.4, 0.5) is 0 Å². The Kier molecular flexibility index (Phi) is 4.33. The summed E-state index contributed by atoms with van der Waals surface area (Å²) in [5.41, 5.74) is 2.13. The van der Waals surface area contributed by atoms with Crippen LogP contribution in [0.25, 0.3) is 0 Å². The monoisotopic (exact) mass is 248 g/mol. The molecule has 1 aliphatic rings. The van der Waals surface area contributed by atoms with E-state index in [2.05, 4.69) is 4.90 Å². The highest BCUT2D eigenvalue weighted by molar-refractivity contribution is 5.47. The number of aliphatic hydroxyl groups is 1. The second-order valence-corrected chi connectivity index (χ2v) is 4.87. The van der Waals surface area contributed by atoms with Crippen molar-refractivity contribution in [2.45, 2.75) is 13.0 Å². The Morgan fingerprint density at radius 2 is 2.06 bits per heavy atom. The summed E-state index contributed by atoms with van der Waals surface area (Å²) in [6, 6.07) is 7.98. The van der Waals surface area contributed by atoms with Crippen LogP contribution in [-0.2, 0) is 4.79 Å². The first-order valence-electron chi connectivity index (χ1n) is 6.35. The number of amides is 1. The number of aliphatic hydroxyl groups excluding tert-OH is 1. The molecular weight excluding hydrogens is 228 g/mol. The largest absolute Gasteiger partial charge is 0.387 e. The molecule has 4 nitrogen and oxygen atoms in total. The normalized spacial score (nSPS) is 18.7. The first kappa shape index (κ1) is 13.1. The number of aryl methyl sites for hydroxylation is 1. The highest BCUT2D eigenvalue weighted by atomic mass is 16.3. The molecule has 1 aliphatic heterocycles. The number of benzene rings is 1. The van der Waals surface area contributed by atoms with Gasteiger partial charge in [0.15, 0.2) is 0 Å². The fourth-order valence-corrected chi connectivity index (χ4v) is 2.28. The highest BCUT2D eigenvalue weighted by Crippen LogP contribution is 2.16. The smallest absolute Gasteiger partial charge is 0.209 e. The lowest BCUT2D eigenvalue weighted by Gasteiger charge is -2.33. The number of piperazine rings is 1. The van der Waals surface area contributed by atoms with Gasteiger partial charge in [-0.25, -0.2) is 0 Å². The van der Waals surface area contributed by atoms with Gasteiger partial charge in [-0.2, -0.15) is 0 Å². The first-order valence-corrected chi connectivity index (χ1v) is 6.35. The van der Waals surface area contributed by atoms with Crippen molar-refractivity contribution in [2.75, 3.05) is 32.7 Å². The standard InChI is InChI=1S/C14H20N2O2/c1-12-3-2-4-13(9-12)14(18)10-15-5-7-16(11-17)8-6-15/h2-4,9,11,14,18H,5-8,10H2,1H3. The van der Waals surface area contributed by atoms with Gasteiger partial charge in [0.05, 0.1) is 6.10 Å². The average molecular weight is 248 g/mol. The molecule has 0 spiro atoms. The van der Waals surface area contributed by atoms with E-state index < -0.39 is 6.10 Å². The van der Waals surface area contributed by atoms with E-state index in [0.717, 1.165) is 43.7 Å². The molecular formula is C14H20N2O2. The SMILES string of the molecule is Cc1cccc(C(O)CN2CCN(C=O)CC2)c1. The quantitative estimate of drug-likeness (QED) is 0.802. The zero-order valence-corrected chi connectivity index (χ0v) is 10.7. The minimum absolute atomic E-state index is 0.451. The van der Waals surface area contributed by atoms with Gasteiger partial charge in [-0.05, 0) is 12.5 Å². The molecule has 1 unspecified atom stereocenters. The van der Waals surface area contributed by atoms with Crippen molar-refractivity contribution in [3.05, 3.63) is 35.4 Å². The molecule has 98 valence electrons. The lowest BCUT2D eigenvalue weighted by molar-refractivity contribution is -0.119. The third kappa shape index (κ3) is 3.31. The summed E-state index contributed by atoms with van der Waals surface area (Å²) in [4.78, 5) is 14.6. The van der Waals surface area contributed by atoms with Gasteiger partial charge in [-0.1, -0.05) is 29.8 Å². The number of β-amino-alcohol motifs (C(OH)–C–C–N with tert-alkyl or cyclic N) is 1. The number of rotatable bonds is 4.